The van der Waals surface area contributed by atoms with Crippen LogP contribution in [0, 0.1) is 11.6 Å². The number of halogens is 2. The molecule has 3 amide bonds. The SMILES string of the molecule is O=C(Nc1ccc(F)c(F)c1)N1CCC2(CC1)SCC(=O)N2Cc1ccco1. The van der Waals surface area contributed by atoms with Crippen LogP contribution in [0.5, 0.6) is 0 Å². The molecule has 0 radical (unpaired) electrons. The number of likely N-dealkylation sites (tertiary alicyclic amines) is 1. The maximum Gasteiger partial charge on any atom is 0.321 e. The lowest BCUT2D eigenvalue weighted by molar-refractivity contribution is -0.132. The fourth-order valence-electron chi connectivity index (χ4n) is 3.62. The number of hydrogen-bond donors (Lipinski definition) is 1. The Labute approximate surface area is 164 Å². The van der Waals surface area contributed by atoms with Gasteiger partial charge in [-0.15, -0.1) is 11.8 Å². The van der Waals surface area contributed by atoms with Crippen molar-refractivity contribution < 1.29 is 22.8 Å². The summed E-state index contributed by atoms with van der Waals surface area (Å²) in [5, 5.41) is 2.59. The second-order valence-electron chi connectivity index (χ2n) is 6.84. The number of urea groups is 1. The third kappa shape index (κ3) is 3.58. The van der Waals surface area contributed by atoms with Gasteiger partial charge in [0.25, 0.3) is 0 Å². The van der Waals surface area contributed by atoms with Gasteiger partial charge in [0.15, 0.2) is 11.6 Å². The third-order valence-corrected chi connectivity index (χ3v) is 6.71. The van der Waals surface area contributed by atoms with Crippen molar-refractivity contribution in [3.8, 4) is 0 Å². The van der Waals surface area contributed by atoms with Crippen LogP contribution in [-0.2, 0) is 11.3 Å². The van der Waals surface area contributed by atoms with Crippen molar-refractivity contribution in [1.29, 1.82) is 0 Å². The van der Waals surface area contributed by atoms with Crippen LogP contribution < -0.4 is 5.32 Å². The molecule has 2 aliphatic heterocycles. The van der Waals surface area contributed by atoms with Crippen molar-refractivity contribution in [2.45, 2.75) is 24.3 Å². The first-order valence-electron chi connectivity index (χ1n) is 8.95. The van der Waals surface area contributed by atoms with Gasteiger partial charge in [0.1, 0.15) is 5.76 Å². The Morgan fingerprint density at radius 1 is 1.21 bits per heavy atom. The summed E-state index contributed by atoms with van der Waals surface area (Å²) in [6, 6.07) is 6.51. The number of rotatable bonds is 3. The number of amides is 3. The fourth-order valence-corrected chi connectivity index (χ4v) is 4.96. The molecule has 2 fully saturated rings. The Morgan fingerprint density at radius 3 is 2.68 bits per heavy atom. The van der Waals surface area contributed by atoms with E-state index in [4.69, 9.17) is 4.42 Å². The number of anilines is 1. The van der Waals surface area contributed by atoms with Crippen LogP contribution in [0.3, 0.4) is 0 Å². The van der Waals surface area contributed by atoms with E-state index in [2.05, 4.69) is 5.32 Å². The van der Waals surface area contributed by atoms with E-state index in [0.29, 0.717) is 38.2 Å². The van der Waals surface area contributed by atoms with Gasteiger partial charge in [-0.25, -0.2) is 13.6 Å². The number of thioether (sulfide) groups is 1. The zero-order valence-electron chi connectivity index (χ0n) is 15.0. The molecule has 0 unspecified atom stereocenters. The van der Waals surface area contributed by atoms with Gasteiger partial charge in [-0.2, -0.15) is 0 Å². The molecule has 28 heavy (non-hydrogen) atoms. The molecular formula is C19H19F2N3O3S. The average Bonchev–Trinajstić information content (AvgIpc) is 3.30. The van der Waals surface area contributed by atoms with Crippen molar-refractivity contribution in [3.05, 3.63) is 54.0 Å². The van der Waals surface area contributed by atoms with Crippen LogP contribution in [0.2, 0.25) is 0 Å². The minimum Gasteiger partial charge on any atom is -0.467 e. The lowest BCUT2D eigenvalue weighted by Crippen LogP contribution is -2.53. The van der Waals surface area contributed by atoms with Crippen molar-refractivity contribution in [2.75, 3.05) is 24.2 Å². The van der Waals surface area contributed by atoms with Crippen LogP contribution in [0.4, 0.5) is 19.3 Å². The second-order valence-corrected chi connectivity index (χ2v) is 8.18. The molecule has 2 aliphatic rings. The first-order chi connectivity index (χ1) is 13.5. The summed E-state index contributed by atoms with van der Waals surface area (Å²) in [5.41, 5.74) is 0.203. The highest BCUT2D eigenvalue weighted by Gasteiger charge is 2.48. The van der Waals surface area contributed by atoms with Crippen LogP contribution >= 0.6 is 11.8 Å². The lowest BCUT2D eigenvalue weighted by Gasteiger charge is -2.43. The van der Waals surface area contributed by atoms with E-state index in [1.54, 1.807) is 29.0 Å². The standard InChI is InChI=1S/C19H19F2N3O3S/c20-15-4-3-13(10-16(15)21)22-18(26)23-7-5-19(6-8-23)24(17(25)12-28-19)11-14-2-1-9-27-14/h1-4,9-10H,5-8,11-12H2,(H,22,26). The molecule has 148 valence electrons. The summed E-state index contributed by atoms with van der Waals surface area (Å²) >= 11 is 1.61. The van der Waals surface area contributed by atoms with Gasteiger partial charge in [0, 0.05) is 24.8 Å². The summed E-state index contributed by atoms with van der Waals surface area (Å²) in [5.74, 6) is -0.751. The van der Waals surface area contributed by atoms with Gasteiger partial charge in [-0.3, -0.25) is 4.79 Å². The molecule has 0 atom stereocenters. The smallest absolute Gasteiger partial charge is 0.321 e. The third-order valence-electron chi connectivity index (χ3n) is 5.15. The van der Waals surface area contributed by atoms with Crippen molar-refractivity contribution in [1.82, 2.24) is 9.80 Å². The highest BCUT2D eigenvalue weighted by molar-refractivity contribution is 8.01. The van der Waals surface area contributed by atoms with E-state index >= 15 is 0 Å². The van der Waals surface area contributed by atoms with E-state index < -0.39 is 11.6 Å². The van der Waals surface area contributed by atoms with Crippen molar-refractivity contribution >= 4 is 29.4 Å². The van der Waals surface area contributed by atoms with E-state index in [0.717, 1.165) is 17.9 Å². The second kappa shape index (κ2) is 7.46. The fraction of sp³-hybridized carbons (Fsp3) is 0.368. The molecule has 1 aromatic carbocycles. The van der Waals surface area contributed by atoms with E-state index in [1.807, 2.05) is 11.0 Å². The molecule has 1 aromatic heterocycles. The Morgan fingerprint density at radius 2 is 2.00 bits per heavy atom. The number of benzene rings is 1. The quantitative estimate of drug-likeness (QED) is 0.843. The molecule has 6 nitrogen and oxygen atoms in total. The number of hydrogen-bond acceptors (Lipinski definition) is 4. The zero-order chi connectivity index (χ0) is 19.7. The summed E-state index contributed by atoms with van der Waals surface area (Å²) in [6.45, 7) is 1.34. The molecule has 1 spiro atoms. The molecule has 0 saturated carbocycles. The predicted octanol–water partition coefficient (Wildman–Crippen LogP) is 3.66. The number of furan rings is 1. The van der Waals surface area contributed by atoms with Gasteiger partial charge in [-0.05, 0) is 37.1 Å². The Hall–Kier alpha value is -2.55. The highest BCUT2D eigenvalue weighted by atomic mass is 32.2. The van der Waals surface area contributed by atoms with Crippen LogP contribution in [0.25, 0.3) is 0 Å². The number of nitrogens with one attached hydrogen (secondary N) is 1. The van der Waals surface area contributed by atoms with Crippen LogP contribution in [0.15, 0.2) is 41.0 Å². The summed E-state index contributed by atoms with van der Waals surface area (Å²) in [6.07, 6.45) is 2.85. The van der Waals surface area contributed by atoms with E-state index in [9.17, 15) is 18.4 Å². The topological polar surface area (TPSA) is 65.8 Å². The largest absolute Gasteiger partial charge is 0.467 e. The number of carbonyl (C=O) groups is 2. The maximum absolute atomic E-state index is 13.3. The van der Waals surface area contributed by atoms with Gasteiger partial charge in [0.05, 0.1) is 23.4 Å². The monoisotopic (exact) mass is 407 g/mol. The molecule has 2 aromatic rings. The maximum atomic E-state index is 13.3. The zero-order valence-corrected chi connectivity index (χ0v) is 15.8. The first-order valence-corrected chi connectivity index (χ1v) is 9.93. The van der Waals surface area contributed by atoms with Gasteiger partial charge in [-0.1, -0.05) is 0 Å². The van der Waals surface area contributed by atoms with Gasteiger partial charge < -0.3 is 19.5 Å². The van der Waals surface area contributed by atoms with Crippen molar-refractivity contribution in [2.24, 2.45) is 0 Å². The van der Waals surface area contributed by atoms with Crippen molar-refractivity contribution in [3.63, 3.8) is 0 Å². The van der Waals surface area contributed by atoms with Gasteiger partial charge >= 0.3 is 6.03 Å². The minimum absolute atomic E-state index is 0.0705. The molecule has 0 bridgehead atoms. The number of piperidine rings is 1. The Kier molecular flexibility index (Phi) is 5.01. The highest BCUT2D eigenvalue weighted by Crippen LogP contribution is 2.45. The van der Waals surface area contributed by atoms with E-state index in [-0.39, 0.29) is 22.5 Å². The average molecular weight is 407 g/mol. The molecule has 2 saturated heterocycles. The Balaban J connectivity index is 1.39. The van der Waals surface area contributed by atoms with Crippen LogP contribution in [0.1, 0.15) is 18.6 Å². The summed E-state index contributed by atoms with van der Waals surface area (Å²) in [4.78, 5) is 28.0. The van der Waals surface area contributed by atoms with E-state index in [1.165, 1.54) is 6.07 Å². The molecule has 0 aliphatic carbocycles. The Bertz CT molecular complexity index is 883. The lowest BCUT2D eigenvalue weighted by atomic mass is 10.0. The molecule has 4 rings (SSSR count). The summed E-state index contributed by atoms with van der Waals surface area (Å²) in [7, 11) is 0. The summed E-state index contributed by atoms with van der Waals surface area (Å²) < 4.78 is 31.7. The number of nitrogens with zero attached hydrogens (tertiary/aromatic N) is 2. The first kappa shape index (κ1) is 18.8. The molecule has 9 heteroatoms. The minimum atomic E-state index is -1.01. The predicted molar refractivity (Wildman–Crippen MR) is 101 cm³/mol. The molecule has 1 N–H and O–H groups in total. The molecule has 3 heterocycles. The van der Waals surface area contributed by atoms with Crippen LogP contribution in [-0.4, -0.2) is 45.5 Å². The van der Waals surface area contributed by atoms with Gasteiger partial charge in [0.2, 0.25) is 5.91 Å². The normalized spacial score (nSPS) is 18.7. The molecular weight excluding hydrogens is 388 g/mol. The number of carbonyl (C=O) groups excluding carboxylic acids is 2.